The van der Waals surface area contributed by atoms with E-state index in [1.54, 1.807) is 0 Å². The van der Waals surface area contributed by atoms with Gasteiger partial charge in [0.2, 0.25) is 0 Å². The van der Waals surface area contributed by atoms with E-state index in [9.17, 15) is 4.79 Å². The lowest BCUT2D eigenvalue weighted by molar-refractivity contribution is 0.169. The SMILES string of the molecule is COC(=O)n1nc2ccccc2c1C. The molecule has 0 aliphatic rings. The molecule has 2 aromatic rings. The molecule has 1 heterocycles. The molecule has 0 saturated carbocycles. The first-order valence-corrected chi connectivity index (χ1v) is 4.26. The van der Waals surface area contributed by atoms with Gasteiger partial charge in [0.05, 0.1) is 18.3 Å². The van der Waals surface area contributed by atoms with E-state index in [0.29, 0.717) is 0 Å². The van der Waals surface area contributed by atoms with Gasteiger partial charge in [0.15, 0.2) is 0 Å². The first kappa shape index (κ1) is 8.74. The molecule has 2 rings (SSSR count). The van der Waals surface area contributed by atoms with Crippen LogP contribution >= 0.6 is 0 Å². The van der Waals surface area contributed by atoms with Gasteiger partial charge < -0.3 is 4.74 Å². The second-order valence-electron chi connectivity index (χ2n) is 2.98. The first-order valence-electron chi connectivity index (χ1n) is 4.26. The van der Waals surface area contributed by atoms with Crippen LogP contribution in [-0.2, 0) is 4.74 Å². The molecule has 0 atom stereocenters. The molecule has 0 fully saturated rings. The molecule has 72 valence electrons. The van der Waals surface area contributed by atoms with E-state index < -0.39 is 6.09 Å². The fraction of sp³-hybridized carbons (Fsp3) is 0.200. The lowest BCUT2D eigenvalue weighted by atomic mass is 10.2. The molecule has 0 bridgehead atoms. The van der Waals surface area contributed by atoms with E-state index in [1.807, 2.05) is 31.2 Å². The monoisotopic (exact) mass is 190 g/mol. The van der Waals surface area contributed by atoms with Crippen LogP contribution in [0.15, 0.2) is 24.3 Å². The number of carbonyl (C=O) groups is 1. The van der Waals surface area contributed by atoms with Gasteiger partial charge in [0, 0.05) is 5.39 Å². The highest BCUT2D eigenvalue weighted by Gasteiger charge is 2.12. The van der Waals surface area contributed by atoms with Crippen LogP contribution in [0.5, 0.6) is 0 Å². The van der Waals surface area contributed by atoms with Gasteiger partial charge in [-0.25, -0.2) is 4.79 Å². The molecule has 0 unspecified atom stereocenters. The standard InChI is InChI=1S/C10H10N2O2/c1-7-8-5-3-4-6-9(8)11-12(7)10(13)14-2/h3-6H,1-2H3. The maximum absolute atomic E-state index is 11.3. The van der Waals surface area contributed by atoms with E-state index in [2.05, 4.69) is 9.84 Å². The predicted octanol–water partition coefficient (Wildman–Crippen LogP) is 1.96. The fourth-order valence-corrected chi connectivity index (χ4v) is 1.43. The lowest BCUT2D eigenvalue weighted by Crippen LogP contribution is -2.14. The fourth-order valence-electron chi connectivity index (χ4n) is 1.43. The van der Waals surface area contributed by atoms with Crippen LogP contribution in [0.4, 0.5) is 4.79 Å². The molecular formula is C10H10N2O2. The number of hydrogen-bond donors (Lipinski definition) is 0. The summed E-state index contributed by atoms with van der Waals surface area (Å²) in [6.45, 7) is 1.84. The molecule has 1 aromatic heterocycles. The zero-order valence-corrected chi connectivity index (χ0v) is 8.02. The van der Waals surface area contributed by atoms with E-state index in [1.165, 1.54) is 11.8 Å². The van der Waals surface area contributed by atoms with Crippen molar-refractivity contribution in [2.75, 3.05) is 7.11 Å². The molecule has 1 aromatic carbocycles. The Morgan fingerprint density at radius 3 is 2.79 bits per heavy atom. The van der Waals surface area contributed by atoms with Crippen molar-refractivity contribution in [2.45, 2.75) is 6.92 Å². The van der Waals surface area contributed by atoms with Crippen molar-refractivity contribution in [3.05, 3.63) is 30.0 Å². The van der Waals surface area contributed by atoms with Crippen LogP contribution in [-0.4, -0.2) is 23.0 Å². The van der Waals surface area contributed by atoms with Gasteiger partial charge in [-0.3, -0.25) is 0 Å². The van der Waals surface area contributed by atoms with E-state index in [4.69, 9.17) is 0 Å². The summed E-state index contributed by atoms with van der Waals surface area (Å²) in [6.07, 6.45) is -0.460. The Morgan fingerprint density at radius 2 is 2.14 bits per heavy atom. The Labute approximate surface area is 81.1 Å². The van der Waals surface area contributed by atoms with Gasteiger partial charge in [0.1, 0.15) is 0 Å². The van der Waals surface area contributed by atoms with Crippen LogP contribution in [0.2, 0.25) is 0 Å². The first-order chi connectivity index (χ1) is 6.74. The zero-order valence-electron chi connectivity index (χ0n) is 8.02. The van der Waals surface area contributed by atoms with Crippen molar-refractivity contribution < 1.29 is 9.53 Å². The largest absolute Gasteiger partial charge is 0.451 e. The highest BCUT2D eigenvalue weighted by atomic mass is 16.5. The summed E-state index contributed by atoms with van der Waals surface area (Å²) in [4.78, 5) is 11.3. The summed E-state index contributed by atoms with van der Waals surface area (Å²) >= 11 is 0. The maximum atomic E-state index is 11.3. The second-order valence-corrected chi connectivity index (χ2v) is 2.98. The number of aryl methyl sites for hydroxylation is 1. The number of hydrogen-bond acceptors (Lipinski definition) is 3. The van der Waals surface area contributed by atoms with Gasteiger partial charge in [-0.2, -0.15) is 9.78 Å². The van der Waals surface area contributed by atoms with Gasteiger partial charge in [-0.1, -0.05) is 18.2 Å². The number of nitrogens with zero attached hydrogens (tertiary/aromatic N) is 2. The number of benzene rings is 1. The topological polar surface area (TPSA) is 44.1 Å². The summed E-state index contributed by atoms with van der Waals surface area (Å²) < 4.78 is 5.88. The van der Waals surface area contributed by atoms with Crippen molar-refractivity contribution >= 4 is 17.0 Å². The van der Waals surface area contributed by atoms with Crippen molar-refractivity contribution in [3.63, 3.8) is 0 Å². The van der Waals surface area contributed by atoms with Gasteiger partial charge in [0.25, 0.3) is 0 Å². The third-order valence-corrected chi connectivity index (χ3v) is 2.17. The van der Waals surface area contributed by atoms with Crippen LogP contribution in [0.3, 0.4) is 0 Å². The van der Waals surface area contributed by atoms with Gasteiger partial charge in [-0.15, -0.1) is 0 Å². The van der Waals surface area contributed by atoms with Crippen molar-refractivity contribution in [3.8, 4) is 0 Å². The third-order valence-electron chi connectivity index (χ3n) is 2.17. The third kappa shape index (κ3) is 1.16. The highest BCUT2D eigenvalue weighted by molar-refractivity contribution is 5.85. The molecule has 0 aliphatic carbocycles. The molecule has 0 N–H and O–H groups in total. The lowest BCUT2D eigenvalue weighted by Gasteiger charge is -1.98. The summed E-state index contributed by atoms with van der Waals surface area (Å²) in [6, 6.07) is 7.59. The quantitative estimate of drug-likeness (QED) is 0.637. The zero-order chi connectivity index (χ0) is 10.1. The van der Waals surface area contributed by atoms with Crippen molar-refractivity contribution in [1.82, 2.24) is 9.78 Å². The smallest absolute Gasteiger partial charge is 0.434 e. The molecule has 0 radical (unpaired) electrons. The second kappa shape index (κ2) is 3.14. The Hall–Kier alpha value is -1.84. The van der Waals surface area contributed by atoms with Crippen LogP contribution < -0.4 is 0 Å². The summed E-state index contributed by atoms with van der Waals surface area (Å²) in [5.41, 5.74) is 1.60. The van der Waals surface area contributed by atoms with Crippen molar-refractivity contribution in [1.29, 1.82) is 0 Å². The number of aromatic nitrogens is 2. The summed E-state index contributed by atoms with van der Waals surface area (Å²) in [5, 5.41) is 5.10. The summed E-state index contributed by atoms with van der Waals surface area (Å²) in [7, 11) is 1.34. The van der Waals surface area contributed by atoms with Crippen LogP contribution in [0.1, 0.15) is 5.69 Å². The maximum Gasteiger partial charge on any atom is 0.434 e. The summed E-state index contributed by atoms with van der Waals surface area (Å²) in [5.74, 6) is 0. The number of fused-ring (bicyclic) bond motifs is 1. The molecule has 0 spiro atoms. The number of rotatable bonds is 0. The molecule has 4 heteroatoms. The Kier molecular flexibility index (Phi) is 1.96. The average Bonchev–Trinajstić information content (AvgIpc) is 2.56. The molecule has 0 saturated heterocycles. The number of carbonyl (C=O) groups excluding carboxylic acids is 1. The van der Waals surface area contributed by atoms with Crippen LogP contribution in [0, 0.1) is 6.92 Å². The van der Waals surface area contributed by atoms with E-state index in [0.717, 1.165) is 16.6 Å². The van der Waals surface area contributed by atoms with Gasteiger partial charge in [-0.05, 0) is 13.0 Å². The number of ether oxygens (including phenoxy) is 1. The van der Waals surface area contributed by atoms with E-state index >= 15 is 0 Å². The molecular weight excluding hydrogens is 180 g/mol. The molecule has 0 amide bonds. The Bertz CT molecular complexity index is 488. The molecule has 0 aliphatic heterocycles. The number of methoxy groups -OCH3 is 1. The average molecular weight is 190 g/mol. The predicted molar refractivity (Wildman–Crippen MR) is 52.3 cm³/mol. The Balaban J connectivity index is 2.68. The minimum Gasteiger partial charge on any atom is -0.451 e. The Morgan fingerprint density at radius 1 is 1.43 bits per heavy atom. The van der Waals surface area contributed by atoms with Crippen LogP contribution in [0.25, 0.3) is 10.9 Å². The highest BCUT2D eigenvalue weighted by Crippen LogP contribution is 2.16. The normalized spacial score (nSPS) is 10.4. The molecule has 14 heavy (non-hydrogen) atoms. The van der Waals surface area contributed by atoms with Gasteiger partial charge >= 0.3 is 6.09 Å². The van der Waals surface area contributed by atoms with E-state index in [-0.39, 0.29) is 0 Å². The minimum absolute atomic E-state index is 0.460. The molecule has 4 nitrogen and oxygen atoms in total. The minimum atomic E-state index is -0.460. The van der Waals surface area contributed by atoms with Crippen molar-refractivity contribution in [2.24, 2.45) is 0 Å².